The molecule has 1 fully saturated rings. The van der Waals surface area contributed by atoms with Gasteiger partial charge in [-0.15, -0.1) is 0 Å². The van der Waals surface area contributed by atoms with Crippen molar-refractivity contribution in [3.8, 4) is 0 Å². The van der Waals surface area contributed by atoms with E-state index in [1.165, 1.54) is 25.1 Å². The summed E-state index contributed by atoms with van der Waals surface area (Å²) >= 11 is 0. The molecule has 1 aliphatic carbocycles. The number of carboxylic acids is 1. The number of pyridine rings is 1. The largest absolute Gasteiger partial charge is 0.478 e. The summed E-state index contributed by atoms with van der Waals surface area (Å²) in [4.78, 5) is 26.6. The van der Waals surface area contributed by atoms with Crippen molar-refractivity contribution in [1.82, 2.24) is 10.3 Å². The zero-order valence-corrected chi connectivity index (χ0v) is 11.9. The summed E-state index contributed by atoms with van der Waals surface area (Å²) in [6.07, 6.45) is 10.9. The van der Waals surface area contributed by atoms with Gasteiger partial charge in [-0.05, 0) is 30.5 Å². The summed E-state index contributed by atoms with van der Waals surface area (Å²) in [5, 5.41) is 11.6. The number of nitrogens with zero attached hydrogens (tertiary/aromatic N) is 1. The van der Waals surface area contributed by atoms with E-state index in [1.807, 2.05) is 0 Å². The third kappa shape index (κ3) is 5.02. The average molecular weight is 288 g/mol. The summed E-state index contributed by atoms with van der Waals surface area (Å²) in [5.41, 5.74) is 1.02. The highest BCUT2D eigenvalue weighted by Crippen LogP contribution is 2.17. The highest BCUT2D eigenvalue weighted by molar-refractivity contribution is 5.92. The number of rotatable bonds is 4. The Kier molecular flexibility index (Phi) is 5.49. The highest BCUT2D eigenvalue weighted by atomic mass is 16.4. The molecule has 5 heteroatoms. The predicted octanol–water partition coefficient (Wildman–Crippen LogP) is 2.63. The van der Waals surface area contributed by atoms with Crippen molar-refractivity contribution in [1.29, 1.82) is 0 Å². The van der Waals surface area contributed by atoms with Gasteiger partial charge in [0.1, 0.15) is 5.69 Å². The average Bonchev–Trinajstić information content (AvgIpc) is 2.74. The Morgan fingerprint density at radius 1 is 1.19 bits per heavy atom. The number of carbonyl (C=O) groups excluding carboxylic acids is 1. The fraction of sp³-hybridized carbons (Fsp3) is 0.438. The van der Waals surface area contributed by atoms with Crippen LogP contribution in [-0.2, 0) is 4.79 Å². The molecular formula is C16H20N2O3. The Hall–Kier alpha value is -2.17. The minimum atomic E-state index is -1.01. The van der Waals surface area contributed by atoms with Crippen molar-refractivity contribution in [2.75, 3.05) is 0 Å². The lowest BCUT2D eigenvalue weighted by molar-refractivity contribution is -0.131. The van der Waals surface area contributed by atoms with Crippen LogP contribution in [0.3, 0.4) is 0 Å². The number of hydrogen-bond donors (Lipinski definition) is 2. The zero-order valence-electron chi connectivity index (χ0n) is 11.9. The summed E-state index contributed by atoms with van der Waals surface area (Å²) in [7, 11) is 0. The Labute approximate surface area is 124 Å². The number of hydrogen-bond acceptors (Lipinski definition) is 3. The van der Waals surface area contributed by atoms with Crippen molar-refractivity contribution in [3.63, 3.8) is 0 Å². The molecule has 1 aliphatic rings. The monoisotopic (exact) mass is 288 g/mol. The molecule has 1 amide bonds. The first kappa shape index (κ1) is 15.2. The van der Waals surface area contributed by atoms with Crippen LogP contribution in [0, 0.1) is 0 Å². The van der Waals surface area contributed by atoms with E-state index in [1.54, 1.807) is 12.1 Å². The van der Waals surface area contributed by atoms with Gasteiger partial charge in [0.15, 0.2) is 0 Å². The van der Waals surface area contributed by atoms with Crippen LogP contribution in [0.2, 0.25) is 0 Å². The highest BCUT2D eigenvalue weighted by Gasteiger charge is 2.16. The molecule has 21 heavy (non-hydrogen) atoms. The van der Waals surface area contributed by atoms with Crippen molar-refractivity contribution < 1.29 is 14.7 Å². The van der Waals surface area contributed by atoms with E-state index in [9.17, 15) is 9.59 Å². The topological polar surface area (TPSA) is 79.3 Å². The first-order valence-electron chi connectivity index (χ1n) is 7.33. The molecule has 1 aromatic heterocycles. The molecule has 0 unspecified atom stereocenters. The summed E-state index contributed by atoms with van der Waals surface area (Å²) in [5.74, 6) is -1.17. The molecule has 112 valence electrons. The van der Waals surface area contributed by atoms with Crippen LogP contribution in [0.1, 0.15) is 54.6 Å². The Bertz CT molecular complexity index is 515. The molecule has 0 atom stereocenters. The maximum atomic E-state index is 12.1. The van der Waals surface area contributed by atoms with E-state index in [0.29, 0.717) is 11.3 Å². The second-order valence-electron chi connectivity index (χ2n) is 5.31. The van der Waals surface area contributed by atoms with Crippen LogP contribution < -0.4 is 5.32 Å². The number of carboxylic acid groups (broad SMARTS) is 1. The van der Waals surface area contributed by atoms with Crippen molar-refractivity contribution in [2.24, 2.45) is 0 Å². The van der Waals surface area contributed by atoms with Crippen LogP contribution >= 0.6 is 0 Å². The van der Waals surface area contributed by atoms with Gasteiger partial charge in [-0.3, -0.25) is 9.78 Å². The van der Waals surface area contributed by atoms with Gasteiger partial charge in [0.2, 0.25) is 0 Å². The van der Waals surface area contributed by atoms with Gasteiger partial charge in [0.25, 0.3) is 5.91 Å². The molecule has 0 aliphatic heterocycles. The standard InChI is InChI=1S/C16H20N2O3/c19-15(20)10-8-12-7-9-14(17-11-12)16(21)18-13-5-3-1-2-4-6-13/h7-11,13H,1-6H2,(H,18,21)(H,19,20). The molecule has 1 aromatic rings. The molecular weight excluding hydrogens is 268 g/mol. The number of aromatic nitrogens is 1. The quantitative estimate of drug-likeness (QED) is 0.659. The van der Waals surface area contributed by atoms with Gasteiger partial charge in [-0.25, -0.2) is 4.79 Å². The van der Waals surface area contributed by atoms with E-state index < -0.39 is 5.97 Å². The molecule has 0 bridgehead atoms. The van der Waals surface area contributed by atoms with E-state index in [-0.39, 0.29) is 11.9 Å². The third-order valence-electron chi connectivity index (χ3n) is 3.63. The molecule has 0 spiro atoms. The normalized spacial score (nSPS) is 16.6. The summed E-state index contributed by atoms with van der Waals surface area (Å²) in [6.45, 7) is 0. The van der Waals surface area contributed by atoms with Crippen molar-refractivity contribution in [3.05, 3.63) is 35.7 Å². The van der Waals surface area contributed by atoms with Gasteiger partial charge in [0.05, 0.1) is 0 Å². The smallest absolute Gasteiger partial charge is 0.328 e. The minimum Gasteiger partial charge on any atom is -0.478 e. The van der Waals surface area contributed by atoms with Crippen molar-refractivity contribution >= 4 is 18.0 Å². The summed E-state index contributed by atoms with van der Waals surface area (Å²) in [6, 6.07) is 3.55. The maximum absolute atomic E-state index is 12.1. The maximum Gasteiger partial charge on any atom is 0.328 e. The minimum absolute atomic E-state index is 0.157. The fourth-order valence-electron chi connectivity index (χ4n) is 2.49. The lowest BCUT2D eigenvalue weighted by Gasteiger charge is -2.15. The molecule has 1 saturated carbocycles. The van der Waals surface area contributed by atoms with Crippen LogP contribution in [0.25, 0.3) is 6.08 Å². The van der Waals surface area contributed by atoms with E-state index in [0.717, 1.165) is 31.8 Å². The Morgan fingerprint density at radius 3 is 2.48 bits per heavy atom. The van der Waals surface area contributed by atoms with Crippen LogP contribution in [0.4, 0.5) is 0 Å². The van der Waals surface area contributed by atoms with Gasteiger partial charge >= 0.3 is 5.97 Å². The number of amides is 1. The second-order valence-corrected chi connectivity index (χ2v) is 5.31. The Morgan fingerprint density at radius 2 is 1.90 bits per heavy atom. The Balaban J connectivity index is 1.94. The molecule has 5 nitrogen and oxygen atoms in total. The lowest BCUT2D eigenvalue weighted by atomic mass is 10.1. The lowest BCUT2D eigenvalue weighted by Crippen LogP contribution is -2.34. The van der Waals surface area contributed by atoms with E-state index in [2.05, 4.69) is 10.3 Å². The molecule has 2 rings (SSSR count). The second kappa shape index (κ2) is 7.57. The molecule has 1 heterocycles. The molecule has 0 radical (unpaired) electrons. The first-order chi connectivity index (χ1) is 10.1. The SMILES string of the molecule is O=C(O)C=Cc1ccc(C(=O)NC2CCCCCC2)nc1. The predicted molar refractivity (Wildman–Crippen MR) is 79.9 cm³/mol. The zero-order chi connectivity index (χ0) is 15.1. The van der Waals surface area contributed by atoms with E-state index >= 15 is 0 Å². The summed E-state index contributed by atoms with van der Waals surface area (Å²) < 4.78 is 0. The van der Waals surface area contributed by atoms with Gasteiger partial charge in [0, 0.05) is 18.3 Å². The van der Waals surface area contributed by atoms with E-state index in [4.69, 9.17) is 5.11 Å². The van der Waals surface area contributed by atoms with Crippen LogP contribution in [0.15, 0.2) is 24.4 Å². The van der Waals surface area contributed by atoms with Crippen LogP contribution in [-0.4, -0.2) is 28.0 Å². The number of nitrogens with one attached hydrogen (secondary N) is 1. The molecule has 0 aromatic carbocycles. The molecule has 2 N–H and O–H groups in total. The van der Waals surface area contributed by atoms with Gasteiger partial charge in [-0.1, -0.05) is 31.7 Å². The fourth-order valence-corrected chi connectivity index (χ4v) is 2.49. The number of carbonyl (C=O) groups is 2. The third-order valence-corrected chi connectivity index (χ3v) is 3.63. The van der Waals surface area contributed by atoms with Gasteiger partial charge in [-0.2, -0.15) is 0 Å². The number of aliphatic carboxylic acids is 1. The molecule has 0 saturated heterocycles. The van der Waals surface area contributed by atoms with Gasteiger partial charge < -0.3 is 10.4 Å². The van der Waals surface area contributed by atoms with Crippen LogP contribution in [0.5, 0.6) is 0 Å². The first-order valence-corrected chi connectivity index (χ1v) is 7.33. The van der Waals surface area contributed by atoms with Crippen molar-refractivity contribution in [2.45, 2.75) is 44.6 Å².